The largest absolute Gasteiger partial charge is 0.480 e. The molecule has 0 aromatic carbocycles. The van der Waals surface area contributed by atoms with Crippen LogP contribution in [0.4, 0.5) is 4.79 Å². The normalized spacial score (nSPS) is 22.2. The molecule has 2 aliphatic rings. The van der Waals surface area contributed by atoms with Crippen molar-refractivity contribution in [2.75, 3.05) is 39.9 Å². The average Bonchev–Trinajstić information content (AvgIpc) is 3.01. The molecule has 0 aromatic heterocycles. The highest BCUT2D eigenvalue weighted by atomic mass is 16.5. The van der Waals surface area contributed by atoms with Gasteiger partial charge in [0, 0.05) is 39.3 Å². The van der Waals surface area contributed by atoms with E-state index in [1.807, 2.05) is 0 Å². The van der Waals surface area contributed by atoms with Gasteiger partial charge in [0.1, 0.15) is 0 Å². The molecular formula is C14H25N3O4. The van der Waals surface area contributed by atoms with Crippen LogP contribution in [0.25, 0.3) is 0 Å². The monoisotopic (exact) mass is 299 g/mol. The van der Waals surface area contributed by atoms with Crippen LogP contribution in [0.5, 0.6) is 0 Å². The topological polar surface area (TPSA) is 82.1 Å². The third kappa shape index (κ3) is 4.31. The van der Waals surface area contributed by atoms with E-state index >= 15 is 0 Å². The van der Waals surface area contributed by atoms with E-state index in [9.17, 15) is 9.59 Å². The first-order valence-electron chi connectivity index (χ1n) is 7.63. The molecule has 2 rings (SSSR count). The summed E-state index contributed by atoms with van der Waals surface area (Å²) in [6, 6.07) is -0.628. The summed E-state index contributed by atoms with van der Waals surface area (Å²) in [6.45, 7) is 3.03. The molecule has 120 valence electrons. The molecule has 2 amide bonds. The van der Waals surface area contributed by atoms with Crippen molar-refractivity contribution in [3.05, 3.63) is 0 Å². The number of hydrogen-bond donors (Lipinski definition) is 2. The minimum absolute atomic E-state index is 0.0247. The predicted octanol–water partition coefficient (Wildman–Crippen LogP) is 0.356. The number of piperazine rings is 1. The van der Waals surface area contributed by atoms with Gasteiger partial charge in [0.2, 0.25) is 0 Å². The lowest BCUT2D eigenvalue weighted by atomic mass is 10.2. The molecule has 0 radical (unpaired) electrons. The first-order valence-corrected chi connectivity index (χ1v) is 7.63. The van der Waals surface area contributed by atoms with Crippen LogP contribution in [0.2, 0.25) is 0 Å². The van der Waals surface area contributed by atoms with E-state index in [1.165, 1.54) is 32.8 Å². The molecule has 2 N–H and O–H groups in total. The summed E-state index contributed by atoms with van der Waals surface area (Å²) in [5.74, 6) is -1.07. The third-order valence-corrected chi connectivity index (χ3v) is 4.37. The molecule has 2 fully saturated rings. The Bertz CT molecular complexity index is 363. The molecule has 1 saturated heterocycles. The van der Waals surface area contributed by atoms with E-state index < -0.39 is 12.0 Å². The van der Waals surface area contributed by atoms with Crippen LogP contribution in [-0.2, 0) is 9.53 Å². The van der Waals surface area contributed by atoms with Crippen molar-refractivity contribution >= 4 is 12.0 Å². The Balaban J connectivity index is 1.78. The second-order valence-corrected chi connectivity index (χ2v) is 5.76. The molecule has 1 unspecified atom stereocenters. The van der Waals surface area contributed by atoms with Crippen molar-refractivity contribution < 1.29 is 19.4 Å². The molecule has 0 spiro atoms. The van der Waals surface area contributed by atoms with E-state index in [0.717, 1.165) is 13.1 Å². The zero-order valence-electron chi connectivity index (χ0n) is 12.6. The van der Waals surface area contributed by atoms with Gasteiger partial charge in [-0.05, 0) is 12.8 Å². The maximum Gasteiger partial charge on any atom is 0.328 e. The van der Waals surface area contributed by atoms with Gasteiger partial charge in [-0.3, -0.25) is 4.90 Å². The quantitative estimate of drug-likeness (QED) is 0.766. The molecule has 7 heteroatoms. The Morgan fingerprint density at radius 2 is 1.86 bits per heavy atom. The van der Waals surface area contributed by atoms with Crippen molar-refractivity contribution in [1.82, 2.24) is 15.1 Å². The number of amides is 2. The third-order valence-electron chi connectivity index (χ3n) is 4.37. The lowest BCUT2D eigenvalue weighted by Gasteiger charge is -2.38. The molecule has 0 bridgehead atoms. The SMILES string of the molecule is COCC(NC(=O)N1CCN(C2CCCC2)CC1)C(=O)O. The molecule has 7 nitrogen and oxygen atoms in total. The summed E-state index contributed by atoms with van der Waals surface area (Å²) in [5.41, 5.74) is 0. The standard InChI is InChI=1S/C14H25N3O4/c1-21-10-12(13(18)19)15-14(20)17-8-6-16(7-9-17)11-4-2-3-5-11/h11-12H,2-10H2,1H3,(H,15,20)(H,18,19). The highest BCUT2D eigenvalue weighted by Crippen LogP contribution is 2.24. The molecular weight excluding hydrogens is 274 g/mol. The fourth-order valence-corrected chi connectivity index (χ4v) is 3.14. The smallest absolute Gasteiger partial charge is 0.328 e. The number of carboxylic acid groups (broad SMARTS) is 1. The number of nitrogens with one attached hydrogen (secondary N) is 1. The van der Waals surface area contributed by atoms with Crippen molar-refractivity contribution in [1.29, 1.82) is 0 Å². The van der Waals surface area contributed by atoms with E-state index in [-0.39, 0.29) is 12.6 Å². The highest BCUT2D eigenvalue weighted by molar-refractivity contribution is 5.82. The van der Waals surface area contributed by atoms with Crippen LogP contribution in [0, 0.1) is 0 Å². The van der Waals surface area contributed by atoms with Crippen molar-refractivity contribution in [2.24, 2.45) is 0 Å². The number of methoxy groups -OCH3 is 1. The van der Waals surface area contributed by atoms with Crippen LogP contribution in [0.15, 0.2) is 0 Å². The zero-order valence-corrected chi connectivity index (χ0v) is 12.6. The highest BCUT2D eigenvalue weighted by Gasteiger charge is 2.29. The van der Waals surface area contributed by atoms with Crippen molar-refractivity contribution in [3.63, 3.8) is 0 Å². The summed E-state index contributed by atoms with van der Waals surface area (Å²) in [5, 5.41) is 11.5. The van der Waals surface area contributed by atoms with Gasteiger partial charge >= 0.3 is 12.0 Å². The average molecular weight is 299 g/mol. The van der Waals surface area contributed by atoms with E-state index in [2.05, 4.69) is 10.2 Å². The molecule has 0 aromatic rings. The van der Waals surface area contributed by atoms with Gasteiger partial charge in [0.25, 0.3) is 0 Å². The molecule has 1 aliphatic carbocycles. The minimum atomic E-state index is -1.07. The lowest BCUT2D eigenvalue weighted by Crippen LogP contribution is -2.56. The maximum atomic E-state index is 12.1. The molecule has 1 heterocycles. The number of carboxylic acids is 1. The number of ether oxygens (including phenoxy) is 1. The van der Waals surface area contributed by atoms with Crippen LogP contribution in [0.1, 0.15) is 25.7 Å². The lowest BCUT2D eigenvalue weighted by molar-refractivity contribution is -0.140. The molecule has 1 atom stereocenters. The Morgan fingerprint density at radius 1 is 1.24 bits per heavy atom. The number of carbonyl (C=O) groups excluding carboxylic acids is 1. The van der Waals surface area contributed by atoms with E-state index in [0.29, 0.717) is 19.1 Å². The van der Waals surface area contributed by atoms with Gasteiger partial charge in [0.15, 0.2) is 6.04 Å². The van der Waals surface area contributed by atoms with Gasteiger partial charge < -0.3 is 20.1 Å². The summed E-state index contributed by atoms with van der Waals surface area (Å²) in [7, 11) is 1.42. The molecule has 1 saturated carbocycles. The first-order chi connectivity index (χ1) is 10.1. The number of nitrogens with zero attached hydrogens (tertiary/aromatic N) is 2. The summed E-state index contributed by atoms with van der Waals surface area (Å²) in [6.07, 6.45) is 5.15. The van der Waals surface area contributed by atoms with Gasteiger partial charge in [-0.2, -0.15) is 0 Å². The molecule has 21 heavy (non-hydrogen) atoms. The second-order valence-electron chi connectivity index (χ2n) is 5.76. The minimum Gasteiger partial charge on any atom is -0.480 e. The maximum absolute atomic E-state index is 12.1. The van der Waals surface area contributed by atoms with Gasteiger partial charge in [-0.25, -0.2) is 9.59 Å². The Labute approximate surface area is 125 Å². The van der Waals surface area contributed by atoms with Gasteiger partial charge in [-0.1, -0.05) is 12.8 Å². The fraction of sp³-hybridized carbons (Fsp3) is 0.857. The van der Waals surface area contributed by atoms with Crippen molar-refractivity contribution in [3.8, 4) is 0 Å². The first kappa shape index (κ1) is 16.0. The number of aliphatic carboxylic acids is 1. The predicted molar refractivity (Wildman–Crippen MR) is 77.2 cm³/mol. The Kier molecular flexibility index (Phi) is 5.81. The Hall–Kier alpha value is -1.34. The number of urea groups is 1. The van der Waals surface area contributed by atoms with Crippen LogP contribution >= 0.6 is 0 Å². The summed E-state index contributed by atoms with van der Waals surface area (Å²) < 4.78 is 4.82. The fourth-order valence-electron chi connectivity index (χ4n) is 3.14. The van der Waals surface area contributed by atoms with Crippen LogP contribution < -0.4 is 5.32 Å². The number of hydrogen-bond acceptors (Lipinski definition) is 4. The second kappa shape index (κ2) is 7.61. The van der Waals surface area contributed by atoms with Crippen LogP contribution in [-0.4, -0.2) is 78.9 Å². The number of rotatable bonds is 5. The Morgan fingerprint density at radius 3 is 2.38 bits per heavy atom. The van der Waals surface area contributed by atoms with Crippen LogP contribution in [0.3, 0.4) is 0 Å². The summed E-state index contributed by atoms with van der Waals surface area (Å²) in [4.78, 5) is 27.3. The van der Waals surface area contributed by atoms with E-state index in [4.69, 9.17) is 9.84 Å². The van der Waals surface area contributed by atoms with Crippen molar-refractivity contribution in [2.45, 2.75) is 37.8 Å². The van der Waals surface area contributed by atoms with Gasteiger partial charge in [-0.15, -0.1) is 0 Å². The zero-order chi connectivity index (χ0) is 15.2. The van der Waals surface area contributed by atoms with Gasteiger partial charge in [0.05, 0.1) is 6.61 Å². The number of carbonyl (C=O) groups is 2. The van der Waals surface area contributed by atoms with E-state index in [1.54, 1.807) is 4.90 Å². The molecule has 1 aliphatic heterocycles. The summed E-state index contributed by atoms with van der Waals surface area (Å²) >= 11 is 0.